The van der Waals surface area contributed by atoms with E-state index in [1.807, 2.05) is 11.8 Å². The number of nitrogens with one attached hydrogen (secondary N) is 1. The number of nitrogen functional groups attached to an aromatic ring is 1. The molecule has 1 amide bonds. The maximum Gasteiger partial charge on any atom is 0.241 e. The number of aliphatic hydroxyl groups is 1. The Hall–Kier alpha value is -1.30. The van der Waals surface area contributed by atoms with E-state index < -0.39 is 5.60 Å². The van der Waals surface area contributed by atoms with Gasteiger partial charge in [0.1, 0.15) is 0 Å². The summed E-state index contributed by atoms with van der Waals surface area (Å²) < 4.78 is 0. The topological polar surface area (TPSA) is 78.6 Å². The average molecular weight is 298 g/mol. The molecule has 0 spiro atoms. The van der Waals surface area contributed by atoms with E-state index in [1.165, 1.54) is 0 Å². The van der Waals surface area contributed by atoms with Crippen molar-refractivity contribution in [2.75, 3.05) is 24.1 Å². The van der Waals surface area contributed by atoms with Gasteiger partial charge in [-0.1, -0.05) is 11.6 Å². The first-order chi connectivity index (χ1) is 9.28. The molecule has 5 nitrogen and oxygen atoms in total. The van der Waals surface area contributed by atoms with Crippen molar-refractivity contribution in [3.05, 3.63) is 23.2 Å². The van der Waals surface area contributed by atoms with E-state index in [9.17, 15) is 9.90 Å². The number of amides is 1. The first-order valence-corrected chi connectivity index (χ1v) is 6.99. The third-order valence-corrected chi connectivity index (χ3v) is 3.92. The van der Waals surface area contributed by atoms with Crippen molar-refractivity contribution in [2.24, 2.45) is 0 Å². The number of carbonyl (C=O) groups is 1. The van der Waals surface area contributed by atoms with Gasteiger partial charge in [-0.2, -0.15) is 0 Å². The van der Waals surface area contributed by atoms with Gasteiger partial charge in [0, 0.05) is 18.1 Å². The predicted molar refractivity (Wildman–Crippen MR) is 80.8 cm³/mol. The van der Waals surface area contributed by atoms with Crippen molar-refractivity contribution < 1.29 is 9.90 Å². The van der Waals surface area contributed by atoms with E-state index in [1.54, 1.807) is 25.1 Å². The van der Waals surface area contributed by atoms with Crippen LogP contribution in [0.1, 0.15) is 20.3 Å². The van der Waals surface area contributed by atoms with E-state index >= 15 is 0 Å². The lowest BCUT2D eigenvalue weighted by Crippen LogP contribution is -2.42. The molecule has 0 radical (unpaired) electrons. The number of nitrogens with zero attached hydrogens (tertiary/aromatic N) is 1. The summed E-state index contributed by atoms with van der Waals surface area (Å²) >= 11 is 5.82. The van der Waals surface area contributed by atoms with Gasteiger partial charge in [0.05, 0.1) is 23.0 Å². The number of carbonyl (C=O) groups excluding carboxylic acids is 1. The lowest BCUT2D eigenvalue weighted by Gasteiger charge is -2.25. The Labute approximate surface area is 123 Å². The lowest BCUT2D eigenvalue weighted by atomic mass is 10.1. The van der Waals surface area contributed by atoms with Gasteiger partial charge in [-0.15, -0.1) is 0 Å². The van der Waals surface area contributed by atoms with Crippen LogP contribution in [-0.4, -0.2) is 40.6 Å². The Morgan fingerprint density at radius 1 is 1.60 bits per heavy atom. The molecule has 20 heavy (non-hydrogen) atoms. The van der Waals surface area contributed by atoms with Crippen LogP contribution in [0.5, 0.6) is 0 Å². The van der Waals surface area contributed by atoms with Crippen LogP contribution in [0.3, 0.4) is 0 Å². The summed E-state index contributed by atoms with van der Waals surface area (Å²) in [6.45, 7) is 4.81. The van der Waals surface area contributed by atoms with Crippen molar-refractivity contribution in [1.82, 2.24) is 4.90 Å². The largest absolute Gasteiger partial charge is 0.397 e. The molecule has 110 valence electrons. The number of rotatable bonds is 3. The SMILES string of the molecule is CC(C(=O)Nc1ccc(Cl)cc1N)N1CCC(C)(O)C1. The zero-order valence-electron chi connectivity index (χ0n) is 11.7. The summed E-state index contributed by atoms with van der Waals surface area (Å²) in [7, 11) is 0. The van der Waals surface area contributed by atoms with E-state index in [-0.39, 0.29) is 11.9 Å². The summed E-state index contributed by atoms with van der Waals surface area (Å²) in [6, 6.07) is 4.64. The molecule has 1 saturated heterocycles. The van der Waals surface area contributed by atoms with Crippen LogP contribution in [0.2, 0.25) is 5.02 Å². The Morgan fingerprint density at radius 2 is 2.30 bits per heavy atom. The van der Waals surface area contributed by atoms with Crippen molar-refractivity contribution in [3.8, 4) is 0 Å². The van der Waals surface area contributed by atoms with Crippen LogP contribution in [0.25, 0.3) is 0 Å². The van der Waals surface area contributed by atoms with Gasteiger partial charge in [-0.05, 0) is 38.5 Å². The van der Waals surface area contributed by atoms with Crippen molar-refractivity contribution >= 4 is 28.9 Å². The van der Waals surface area contributed by atoms with E-state index in [2.05, 4.69) is 5.32 Å². The second-order valence-electron chi connectivity index (χ2n) is 5.61. The average Bonchev–Trinajstić information content (AvgIpc) is 2.72. The number of nitrogens with two attached hydrogens (primary N) is 1. The molecule has 0 aliphatic carbocycles. The number of hydrogen-bond donors (Lipinski definition) is 3. The van der Waals surface area contributed by atoms with Crippen LogP contribution >= 0.6 is 11.6 Å². The zero-order valence-corrected chi connectivity index (χ0v) is 12.4. The van der Waals surface area contributed by atoms with Gasteiger partial charge in [0.25, 0.3) is 0 Å². The minimum atomic E-state index is -0.714. The third kappa shape index (κ3) is 3.42. The Bertz CT molecular complexity index is 519. The molecule has 0 saturated carbocycles. The second kappa shape index (κ2) is 5.60. The molecule has 6 heteroatoms. The highest BCUT2D eigenvalue weighted by Crippen LogP contribution is 2.25. The first kappa shape index (κ1) is 15.1. The molecule has 4 N–H and O–H groups in total. The number of anilines is 2. The molecule has 2 unspecified atom stereocenters. The summed E-state index contributed by atoms with van der Waals surface area (Å²) in [5, 5.41) is 13.3. The van der Waals surface area contributed by atoms with Crippen LogP contribution in [0.4, 0.5) is 11.4 Å². The van der Waals surface area contributed by atoms with Crippen LogP contribution in [0, 0.1) is 0 Å². The highest BCUT2D eigenvalue weighted by molar-refractivity contribution is 6.31. The second-order valence-corrected chi connectivity index (χ2v) is 6.05. The zero-order chi connectivity index (χ0) is 14.9. The van der Waals surface area contributed by atoms with Crippen LogP contribution in [-0.2, 0) is 4.79 Å². The maximum absolute atomic E-state index is 12.2. The summed E-state index contributed by atoms with van der Waals surface area (Å²) in [5.74, 6) is -0.142. The summed E-state index contributed by atoms with van der Waals surface area (Å²) in [6.07, 6.45) is 0.674. The normalized spacial score (nSPS) is 24.6. The van der Waals surface area contributed by atoms with Crippen molar-refractivity contribution in [3.63, 3.8) is 0 Å². The fourth-order valence-corrected chi connectivity index (χ4v) is 2.54. The Kier molecular flexibility index (Phi) is 4.22. The van der Waals surface area contributed by atoms with E-state index in [0.717, 1.165) is 0 Å². The van der Waals surface area contributed by atoms with Gasteiger partial charge in [0.2, 0.25) is 5.91 Å². The van der Waals surface area contributed by atoms with Crippen LogP contribution in [0.15, 0.2) is 18.2 Å². The maximum atomic E-state index is 12.2. The standard InChI is InChI=1S/C14H20ClN3O2/c1-9(18-6-5-14(2,20)8-18)13(19)17-12-4-3-10(15)7-11(12)16/h3-4,7,9,20H,5-6,8,16H2,1-2H3,(H,17,19). The predicted octanol–water partition coefficient (Wildman–Crippen LogP) is 1.71. The van der Waals surface area contributed by atoms with Gasteiger partial charge >= 0.3 is 0 Å². The lowest BCUT2D eigenvalue weighted by molar-refractivity contribution is -0.120. The molecule has 1 fully saturated rings. The molecule has 1 aliphatic rings. The monoisotopic (exact) mass is 297 g/mol. The molecule has 1 aromatic carbocycles. The van der Waals surface area contributed by atoms with E-state index in [4.69, 9.17) is 17.3 Å². The summed E-state index contributed by atoms with van der Waals surface area (Å²) in [4.78, 5) is 14.2. The minimum absolute atomic E-state index is 0.142. The number of β-amino-alcohol motifs (C(OH)–C–C–N with tert-alkyl or cyclic N) is 1. The Morgan fingerprint density at radius 3 is 2.85 bits per heavy atom. The molecule has 2 atom stereocenters. The molecule has 1 aliphatic heterocycles. The fraction of sp³-hybridized carbons (Fsp3) is 0.500. The first-order valence-electron chi connectivity index (χ1n) is 6.61. The smallest absolute Gasteiger partial charge is 0.241 e. The minimum Gasteiger partial charge on any atom is -0.397 e. The van der Waals surface area contributed by atoms with Crippen molar-refractivity contribution in [2.45, 2.75) is 31.9 Å². The molecular formula is C14H20ClN3O2. The molecule has 2 rings (SSSR count). The van der Waals surface area contributed by atoms with Gasteiger partial charge in [-0.3, -0.25) is 9.69 Å². The number of benzene rings is 1. The Balaban J connectivity index is 2.01. The van der Waals surface area contributed by atoms with Crippen molar-refractivity contribution in [1.29, 1.82) is 0 Å². The molecule has 0 aromatic heterocycles. The highest BCUT2D eigenvalue weighted by atomic mass is 35.5. The third-order valence-electron chi connectivity index (χ3n) is 3.68. The quantitative estimate of drug-likeness (QED) is 0.742. The van der Waals surface area contributed by atoms with Gasteiger partial charge in [-0.25, -0.2) is 0 Å². The highest BCUT2D eigenvalue weighted by Gasteiger charge is 2.35. The number of likely N-dealkylation sites (tertiary alicyclic amines) is 1. The molecule has 1 aromatic rings. The summed E-state index contributed by atoms with van der Waals surface area (Å²) in [5.41, 5.74) is 6.09. The van der Waals surface area contributed by atoms with Crippen LogP contribution < -0.4 is 11.1 Å². The molecule has 0 bridgehead atoms. The number of hydrogen-bond acceptors (Lipinski definition) is 4. The number of halogens is 1. The molecule has 1 heterocycles. The molecular weight excluding hydrogens is 278 g/mol. The van der Waals surface area contributed by atoms with Gasteiger partial charge < -0.3 is 16.2 Å². The fourth-order valence-electron chi connectivity index (χ4n) is 2.36. The van der Waals surface area contributed by atoms with E-state index in [0.29, 0.717) is 35.9 Å². The van der Waals surface area contributed by atoms with Gasteiger partial charge in [0.15, 0.2) is 0 Å².